The summed E-state index contributed by atoms with van der Waals surface area (Å²) in [6, 6.07) is 8.43. The Bertz CT molecular complexity index is 736. The van der Waals surface area contributed by atoms with Crippen LogP contribution in [-0.2, 0) is 13.0 Å². The van der Waals surface area contributed by atoms with Crippen LogP contribution < -0.4 is 5.32 Å². The van der Waals surface area contributed by atoms with Gasteiger partial charge in [0.2, 0.25) is 5.13 Å². The number of anilines is 1. The second-order valence-corrected chi connectivity index (χ2v) is 6.57. The minimum atomic E-state index is 0.611. The zero-order valence-electron chi connectivity index (χ0n) is 12.2. The summed E-state index contributed by atoms with van der Waals surface area (Å²) in [4.78, 5) is 4.13. The normalized spacial score (nSPS) is 11.2. The average molecular weight is 298 g/mol. The Balaban J connectivity index is 1.67. The molecule has 0 fully saturated rings. The van der Waals surface area contributed by atoms with Crippen LogP contribution in [0, 0.1) is 5.92 Å². The fourth-order valence-corrected chi connectivity index (χ4v) is 3.12. The van der Waals surface area contributed by atoms with Crippen molar-refractivity contribution in [2.75, 3.05) is 5.32 Å². The van der Waals surface area contributed by atoms with E-state index in [1.807, 2.05) is 18.5 Å². The summed E-state index contributed by atoms with van der Waals surface area (Å²) >= 11 is 1.64. The molecule has 0 radical (unpaired) electrons. The number of nitrogens with one attached hydrogen (secondary N) is 1. The molecule has 0 spiro atoms. The molecule has 3 aromatic rings. The molecule has 2 aromatic heterocycles. The molecule has 2 heterocycles. The maximum absolute atomic E-state index is 4.22. The van der Waals surface area contributed by atoms with Gasteiger partial charge in [0.15, 0.2) is 0 Å². The summed E-state index contributed by atoms with van der Waals surface area (Å²) in [7, 11) is 0. The molecule has 0 saturated carbocycles. The number of hydrogen-bond acceptors (Lipinski definition) is 5. The first-order valence-electron chi connectivity index (χ1n) is 7.09. The minimum Gasteiger partial charge on any atom is -0.356 e. The first-order chi connectivity index (χ1) is 10.2. The van der Waals surface area contributed by atoms with Gasteiger partial charge < -0.3 is 5.32 Å². The molecule has 0 bridgehead atoms. The molecule has 1 aromatic carbocycles. The van der Waals surface area contributed by atoms with Crippen LogP contribution in [0.25, 0.3) is 10.8 Å². The van der Waals surface area contributed by atoms with Crippen molar-refractivity contribution in [1.29, 1.82) is 0 Å². The van der Waals surface area contributed by atoms with Gasteiger partial charge in [0, 0.05) is 30.7 Å². The Kier molecular flexibility index (Phi) is 4.10. The number of nitrogens with zero attached hydrogens (tertiary/aromatic N) is 3. The van der Waals surface area contributed by atoms with Crippen molar-refractivity contribution in [2.45, 2.75) is 26.8 Å². The SMILES string of the molecule is CC(C)Cc1nnc(NCc2ccc3cnccc3c2)s1. The fraction of sp³-hybridized carbons (Fsp3) is 0.312. The van der Waals surface area contributed by atoms with E-state index < -0.39 is 0 Å². The number of fused-ring (bicyclic) bond motifs is 1. The van der Waals surface area contributed by atoms with Gasteiger partial charge in [0.1, 0.15) is 5.01 Å². The predicted molar refractivity (Wildman–Crippen MR) is 87.5 cm³/mol. The second kappa shape index (κ2) is 6.18. The highest BCUT2D eigenvalue weighted by Crippen LogP contribution is 2.20. The highest BCUT2D eigenvalue weighted by Gasteiger charge is 2.06. The van der Waals surface area contributed by atoms with Crippen molar-refractivity contribution < 1.29 is 0 Å². The Morgan fingerprint density at radius 3 is 2.90 bits per heavy atom. The molecule has 0 amide bonds. The lowest BCUT2D eigenvalue weighted by molar-refractivity contribution is 0.640. The van der Waals surface area contributed by atoms with Gasteiger partial charge in [-0.05, 0) is 29.0 Å². The van der Waals surface area contributed by atoms with Crippen LogP contribution in [0.4, 0.5) is 5.13 Å². The number of pyridine rings is 1. The number of hydrogen-bond donors (Lipinski definition) is 1. The third kappa shape index (κ3) is 3.55. The second-order valence-electron chi connectivity index (χ2n) is 5.51. The quantitative estimate of drug-likeness (QED) is 0.776. The molecule has 0 aliphatic carbocycles. The predicted octanol–water partition coefficient (Wildman–Crippen LogP) is 3.90. The molecule has 0 unspecified atom stereocenters. The summed E-state index contributed by atoms with van der Waals surface area (Å²) in [5, 5.41) is 16.1. The molecule has 5 heteroatoms. The van der Waals surface area contributed by atoms with Crippen molar-refractivity contribution in [3.63, 3.8) is 0 Å². The molecule has 0 aliphatic heterocycles. The van der Waals surface area contributed by atoms with Gasteiger partial charge in [-0.1, -0.05) is 37.3 Å². The maximum atomic E-state index is 4.22. The number of aromatic nitrogens is 3. The van der Waals surface area contributed by atoms with Crippen molar-refractivity contribution >= 4 is 27.2 Å². The lowest BCUT2D eigenvalue weighted by atomic mass is 10.1. The third-order valence-electron chi connectivity index (χ3n) is 3.20. The molecule has 108 valence electrons. The molecular formula is C16H18N4S. The van der Waals surface area contributed by atoms with E-state index in [0.717, 1.165) is 28.5 Å². The summed E-state index contributed by atoms with van der Waals surface area (Å²) in [6.45, 7) is 5.14. The highest BCUT2D eigenvalue weighted by molar-refractivity contribution is 7.15. The lowest BCUT2D eigenvalue weighted by Crippen LogP contribution is -1.98. The molecule has 0 aliphatic rings. The molecule has 21 heavy (non-hydrogen) atoms. The van der Waals surface area contributed by atoms with Gasteiger partial charge in [0.25, 0.3) is 0 Å². The largest absolute Gasteiger partial charge is 0.356 e. The van der Waals surface area contributed by atoms with Crippen molar-refractivity contribution in [1.82, 2.24) is 15.2 Å². The Morgan fingerprint density at radius 2 is 2.05 bits per heavy atom. The van der Waals surface area contributed by atoms with E-state index in [4.69, 9.17) is 0 Å². The van der Waals surface area contributed by atoms with Gasteiger partial charge in [-0.2, -0.15) is 0 Å². The van der Waals surface area contributed by atoms with Gasteiger partial charge in [0.05, 0.1) is 0 Å². The topological polar surface area (TPSA) is 50.7 Å². The van der Waals surface area contributed by atoms with Crippen molar-refractivity contribution in [2.24, 2.45) is 5.92 Å². The Hall–Kier alpha value is -2.01. The zero-order chi connectivity index (χ0) is 14.7. The van der Waals surface area contributed by atoms with Crippen LogP contribution in [0.2, 0.25) is 0 Å². The van der Waals surface area contributed by atoms with Gasteiger partial charge in [-0.15, -0.1) is 10.2 Å². The van der Waals surface area contributed by atoms with E-state index in [2.05, 4.69) is 52.5 Å². The molecule has 1 N–H and O–H groups in total. The molecule has 0 saturated heterocycles. The minimum absolute atomic E-state index is 0.611. The fourth-order valence-electron chi connectivity index (χ4n) is 2.18. The van der Waals surface area contributed by atoms with E-state index in [1.54, 1.807) is 11.3 Å². The molecular weight excluding hydrogens is 280 g/mol. The van der Waals surface area contributed by atoms with Crippen LogP contribution in [0.1, 0.15) is 24.4 Å². The van der Waals surface area contributed by atoms with Gasteiger partial charge in [-0.25, -0.2) is 0 Å². The molecule has 0 atom stereocenters. The number of rotatable bonds is 5. The maximum Gasteiger partial charge on any atom is 0.205 e. The smallest absolute Gasteiger partial charge is 0.205 e. The van der Waals surface area contributed by atoms with E-state index >= 15 is 0 Å². The first kappa shape index (κ1) is 13.9. The average Bonchev–Trinajstić information content (AvgIpc) is 2.91. The monoisotopic (exact) mass is 298 g/mol. The zero-order valence-corrected chi connectivity index (χ0v) is 13.0. The summed E-state index contributed by atoms with van der Waals surface area (Å²) in [5.74, 6) is 0.611. The first-order valence-corrected chi connectivity index (χ1v) is 7.91. The Morgan fingerprint density at radius 1 is 1.14 bits per heavy atom. The van der Waals surface area contributed by atoms with Crippen LogP contribution in [0.5, 0.6) is 0 Å². The Labute approximate surface area is 128 Å². The van der Waals surface area contributed by atoms with Crippen LogP contribution in [0.15, 0.2) is 36.7 Å². The van der Waals surface area contributed by atoms with Gasteiger partial charge >= 0.3 is 0 Å². The van der Waals surface area contributed by atoms with Crippen molar-refractivity contribution in [3.05, 3.63) is 47.2 Å². The summed E-state index contributed by atoms with van der Waals surface area (Å²) in [5.41, 5.74) is 1.23. The lowest BCUT2D eigenvalue weighted by Gasteiger charge is -2.04. The van der Waals surface area contributed by atoms with Crippen LogP contribution in [-0.4, -0.2) is 15.2 Å². The molecule has 3 rings (SSSR count). The van der Waals surface area contributed by atoms with Crippen LogP contribution >= 0.6 is 11.3 Å². The third-order valence-corrected chi connectivity index (χ3v) is 4.10. The van der Waals surface area contributed by atoms with E-state index in [-0.39, 0.29) is 0 Å². The number of benzene rings is 1. The van der Waals surface area contributed by atoms with Crippen molar-refractivity contribution in [3.8, 4) is 0 Å². The highest BCUT2D eigenvalue weighted by atomic mass is 32.1. The standard InChI is InChI=1S/C16H18N4S/c1-11(2)7-15-19-20-16(21-15)18-9-12-3-4-14-10-17-6-5-13(14)8-12/h3-6,8,10-11H,7,9H2,1-2H3,(H,18,20). The van der Waals surface area contributed by atoms with E-state index in [9.17, 15) is 0 Å². The van der Waals surface area contributed by atoms with Gasteiger partial charge in [-0.3, -0.25) is 4.98 Å². The summed E-state index contributed by atoms with van der Waals surface area (Å²) in [6.07, 6.45) is 4.69. The van der Waals surface area contributed by atoms with Crippen LogP contribution in [0.3, 0.4) is 0 Å². The van der Waals surface area contributed by atoms with E-state index in [1.165, 1.54) is 10.9 Å². The van der Waals surface area contributed by atoms with E-state index in [0.29, 0.717) is 5.92 Å². The molecule has 4 nitrogen and oxygen atoms in total. The summed E-state index contributed by atoms with van der Waals surface area (Å²) < 4.78 is 0.